The van der Waals surface area contributed by atoms with Crippen molar-refractivity contribution in [3.8, 4) is 0 Å². The van der Waals surface area contributed by atoms with Crippen LogP contribution < -0.4 is 10.6 Å². The molecule has 0 aliphatic heterocycles. The molecule has 0 saturated heterocycles. The Balaban J connectivity index is 0.00000529. The highest BCUT2D eigenvalue weighted by atomic mass is 127. The van der Waals surface area contributed by atoms with Gasteiger partial charge in [0, 0.05) is 27.2 Å². The highest BCUT2D eigenvalue weighted by Gasteiger charge is 2.06. The van der Waals surface area contributed by atoms with Crippen LogP contribution >= 0.6 is 24.0 Å². The Morgan fingerprint density at radius 1 is 1.17 bits per heavy atom. The van der Waals surface area contributed by atoms with Gasteiger partial charge in [-0.3, -0.25) is 4.79 Å². The second kappa shape index (κ2) is 13.0. The quantitative estimate of drug-likeness (QED) is 0.363. The predicted molar refractivity (Wildman–Crippen MR) is 109 cm³/mol. The van der Waals surface area contributed by atoms with E-state index in [0.29, 0.717) is 25.7 Å². The van der Waals surface area contributed by atoms with E-state index in [2.05, 4.69) is 21.7 Å². The second-order valence-electron chi connectivity index (χ2n) is 5.24. The first-order valence-electron chi connectivity index (χ1n) is 7.95. The lowest BCUT2D eigenvalue weighted by atomic mass is 10.1. The molecule has 0 fully saturated rings. The molecule has 1 rings (SSSR count). The van der Waals surface area contributed by atoms with Crippen molar-refractivity contribution in [2.24, 2.45) is 4.99 Å². The minimum Gasteiger partial charge on any atom is -0.377 e. The van der Waals surface area contributed by atoms with Crippen LogP contribution in [0.3, 0.4) is 0 Å². The summed E-state index contributed by atoms with van der Waals surface area (Å²) >= 11 is 0. The van der Waals surface area contributed by atoms with Crippen LogP contribution in [-0.4, -0.2) is 50.6 Å². The Morgan fingerprint density at radius 2 is 1.83 bits per heavy atom. The van der Waals surface area contributed by atoms with Crippen molar-refractivity contribution in [2.75, 3.05) is 33.8 Å². The van der Waals surface area contributed by atoms with Gasteiger partial charge in [-0.25, -0.2) is 4.99 Å². The van der Waals surface area contributed by atoms with E-state index in [1.165, 1.54) is 0 Å². The zero-order valence-corrected chi connectivity index (χ0v) is 17.3. The molecule has 1 aromatic carbocycles. The second-order valence-corrected chi connectivity index (χ2v) is 5.24. The lowest BCUT2D eigenvalue weighted by Crippen LogP contribution is -2.42. The monoisotopic (exact) mass is 448 g/mol. The van der Waals surface area contributed by atoms with Gasteiger partial charge in [-0.05, 0) is 25.0 Å². The van der Waals surface area contributed by atoms with Gasteiger partial charge < -0.3 is 20.3 Å². The predicted octanol–water partition coefficient (Wildman–Crippen LogP) is 1.98. The number of hydrogen-bond acceptors (Lipinski definition) is 3. The number of nitrogens with one attached hydrogen (secondary N) is 2. The standard InChI is InChI=1S/C17H28N4O2.HI/c1-5-18-17(20-12-16(22)21(3)4)19-11-14-9-7-8-10-15(14)13-23-6-2;/h7-10H,5-6,11-13H2,1-4H3,(H2,18,19,20);1H. The van der Waals surface area contributed by atoms with E-state index in [9.17, 15) is 4.79 Å². The van der Waals surface area contributed by atoms with Gasteiger partial charge >= 0.3 is 0 Å². The molecule has 24 heavy (non-hydrogen) atoms. The molecule has 136 valence electrons. The van der Waals surface area contributed by atoms with Crippen molar-refractivity contribution in [1.82, 2.24) is 15.5 Å². The smallest absolute Gasteiger partial charge is 0.241 e. The highest BCUT2D eigenvalue weighted by Crippen LogP contribution is 2.11. The zero-order chi connectivity index (χ0) is 17.1. The number of rotatable bonds is 8. The van der Waals surface area contributed by atoms with E-state index in [1.807, 2.05) is 32.0 Å². The van der Waals surface area contributed by atoms with Crippen molar-refractivity contribution >= 4 is 35.8 Å². The van der Waals surface area contributed by atoms with E-state index < -0.39 is 0 Å². The van der Waals surface area contributed by atoms with Crippen molar-refractivity contribution in [2.45, 2.75) is 27.0 Å². The van der Waals surface area contributed by atoms with Crippen molar-refractivity contribution in [3.63, 3.8) is 0 Å². The van der Waals surface area contributed by atoms with Crippen LogP contribution in [0.15, 0.2) is 29.3 Å². The molecule has 0 atom stereocenters. The molecule has 0 radical (unpaired) electrons. The third kappa shape index (κ3) is 8.49. The summed E-state index contributed by atoms with van der Waals surface area (Å²) in [6, 6.07) is 8.10. The average Bonchev–Trinajstić information content (AvgIpc) is 2.55. The largest absolute Gasteiger partial charge is 0.377 e. The first kappa shape index (κ1) is 22.6. The fraction of sp³-hybridized carbons (Fsp3) is 0.529. The molecule has 0 unspecified atom stereocenters. The van der Waals surface area contributed by atoms with Crippen molar-refractivity contribution in [3.05, 3.63) is 35.4 Å². The maximum absolute atomic E-state index is 11.7. The van der Waals surface area contributed by atoms with Gasteiger partial charge in [0.2, 0.25) is 5.91 Å². The van der Waals surface area contributed by atoms with Crippen molar-refractivity contribution < 1.29 is 9.53 Å². The number of aliphatic imine (C=N–C) groups is 1. The van der Waals surface area contributed by atoms with Gasteiger partial charge in [0.15, 0.2) is 5.96 Å². The van der Waals surface area contributed by atoms with Gasteiger partial charge in [-0.2, -0.15) is 0 Å². The summed E-state index contributed by atoms with van der Waals surface area (Å²) in [5, 5.41) is 6.20. The molecular formula is C17H29IN4O2. The molecule has 0 spiro atoms. The molecular weight excluding hydrogens is 419 g/mol. The molecule has 0 saturated carbocycles. The van der Waals surface area contributed by atoms with Crippen LogP contribution in [0.2, 0.25) is 0 Å². The highest BCUT2D eigenvalue weighted by molar-refractivity contribution is 14.0. The Bertz CT molecular complexity index is 521. The number of benzene rings is 1. The summed E-state index contributed by atoms with van der Waals surface area (Å²) in [7, 11) is 3.47. The molecule has 0 aliphatic rings. The number of hydrogen-bond donors (Lipinski definition) is 2. The van der Waals surface area contributed by atoms with Gasteiger partial charge in [0.25, 0.3) is 0 Å². The van der Waals surface area contributed by atoms with E-state index in [1.54, 1.807) is 19.0 Å². The van der Waals surface area contributed by atoms with Crippen LogP contribution in [0.4, 0.5) is 0 Å². The van der Waals surface area contributed by atoms with E-state index in [0.717, 1.165) is 17.7 Å². The van der Waals surface area contributed by atoms with Gasteiger partial charge in [0.1, 0.15) is 0 Å². The van der Waals surface area contributed by atoms with Crippen LogP contribution in [-0.2, 0) is 22.7 Å². The molecule has 1 amide bonds. The number of amides is 1. The molecule has 0 aliphatic carbocycles. The summed E-state index contributed by atoms with van der Waals surface area (Å²) in [4.78, 5) is 17.8. The number of halogens is 1. The van der Waals surface area contributed by atoms with E-state index >= 15 is 0 Å². The van der Waals surface area contributed by atoms with Crippen molar-refractivity contribution in [1.29, 1.82) is 0 Å². The molecule has 1 aromatic rings. The van der Waals surface area contributed by atoms with E-state index in [4.69, 9.17) is 4.74 Å². The minimum absolute atomic E-state index is 0. The first-order chi connectivity index (χ1) is 11.1. The van der Waals surface area contributed by atoms with Crippen LogP contribution in [0.1, 0.15) is 25.0 Å². The average molecular weight is 448 g/mol. The van der Waals surface area contributed by atoms with Crippen LogP contribution in [0, 0.1) is 0 Å². The molecule has 2 N–H and O–H groups in total. The third-order valence-corrected chi connectivity index (χ3v) is 3.24. The normalized spacial score (nSPS) is 10.8. The summed E-state index contributed by atoms with van der Waals surface area (Å²) in [6.45, 7) is 6.75. The summed E-state index contributed by atoms with van der Waals surface area (Å²) in [5.74, 6) is 0.640. The molecule has 0 aromatic heterocycles. The Labute approximate surface area is 162 Å². The van der Waals surface area contributed by atoms with Gasteiger partial charge in [0.05, 0.1) is 19.7 Å². The number of carbonyl (C=O) groups is 1. The minimum atomic E-state index is 0. The Kier molecular flexibility index (Phi) is 12.3. The SMILES string of the molecule is CCNC(=NCc1ccccc1COCC)NCC(=O)N(C)C.I. The summed E-state index contributed by atoms with van der Waals surface area (Å²) in [6.07, 6.45) is 0. The lowest BCUT2D eigenvalue weighted by Gasteiger charge is -2.14. The number of guanidine groups is 1. The van der Waals surface area contributed by atoms with Gasteiger partial charge in [-0.15, -0.1) is 24.0 Å². The fourth-order valence-electron chi connectivity index (χ4n) is 1.89. The van der Waals surface area contributed by atoms with Crippen LogP contribution in [0.5, 0.6) is 0 Å². The molecule has 0 heterocycles. The number of ether oxygens (including phenoxy) is 1. The number of carbonyl (C=O) groups excluding carboxylic acids is 1. The summed E-state index contributed by atoms with van der Waals surface area (Å²) < 4.78 is 5.49. The maximum Gasteiger partial charge on any atom is 0.241 e. The van der Waals surface area contributed by atoms with E-state index in [-0.39, 0.29) is 36.4 Å². The first-order valence-corrected chi connectivity index (χ1v) is 7.95. The molecule has 7 heteroatoms. The topological polar surface area (TPSA) is 66.0 Å². The zero-order valence-electron chi connectivity index (χ0n) is 15.0. The molecule has 0 bridgehead atoms. The number of likely N-dealkylation sites (N-methyl/N-ethyl adjacent to an activating group) is 1. The van der Waals surface area contributed by atoms with Crippen LogP contribution in [0.25, 0.3) is 0 Å². The third-order valence-electron chi connectivity index (χ3n) is 3.24. The van der Waals surface area contributed by atoms with Gasteiger partial charge in [-0.1, -0.05) is 24.3 Å². The fourth-order valence-corrected chi connectivity index (χ4v) is 1.89. The Morgan fingerprint density at radius 3 is 2.42 bits per heavy atom. The maximum atomic E-state index is 11.7. The lowest BCUT2D eigenvalue weighted by molar-refractivity contribution is -0.127. The Hall–Kier alpha value is -1.35. The summed E-state index contributed by atoms with van der Waals surface area (Å²) in [5.41, 5.74) is 2.26. The molecule has 6 nitrogen and oxygen atoms in total. The number of nitrogens with zero attached hydrogens (tertiary/aromatic N) is 2.